The van der Waals surface area contributed by atoms with Crippen molar-refractivity contribution in [3.63, 3.8) is 0 Å². The summed E-state index contributed by atoms with van der Waals surface area (Å²) in [7, 11) is 1.68. The van der Waals surface area contributed by atoms with Crippen LogP contribution in [0.2, 0.25) is 0 Å². The number of benzene rings is 3. The van der Waals surface area contributed by atoms with Gasteiger partial charge in [-0.3, -0.25) is 0 Å². The Morgan fingerprint density at radius 2 is 1.14 bits per heavy atom. The molecule has 0 fully saturated rings. The van der Waals surface area contributed by atoms with E-state index in [0.29, 0.717) is 0 Å². The van der Waals surface area contributed by atoms with Gasteiger partial charge in [-0.2, -0.15) is 0 Å². The molecule has 3 rings (SSSR count). The van der Waals surface area contributed by atoms with E-state index in [1.807, 2.05) is 78.9 Å². The lowest BCUT2D eigenvalue weighted by atomic mass is 10.2. The molecule has 0 saturated heterocycles. The summed E-state index contributed by atoms with van der Waals surface area (Å²) in [4.78, 5) is 0. The topological polar surface area (TPSA) is 33.3 Å². The second kappa shape index (κ2) is 6.68. The Bertz CT molecular complexity index is 741. The number of ether oxygens (including phenoxy) is 1. The molecule has 0 atom stereocenters. The third-order valence-electron chi connectivity index (χ3n) is 3.36. The van der Waals surface area contributed by atoms with Crippen molar-refractivity contribution >= 4 is 22.7 Å². The first-order valence-electron chi connectivity index (χ1n) is 7.18. The number of nitrogens with one attached hydrogen (secondary N) is 2. The molecule has 0 saturated carbocycles. The highest BCUT2D eigenvalue weighted by Gasteiger charge is 2.06. The van der Waals surface area contributed by atoms with Crippen LogP contribution in [-0.2, 0) is 0 Å². The molecule has 0 aromatic heterocycles. The smallest absolute Gasteiger partial charge is 0.142 e. The highest BCUT2D eigenvalue weighted by Crippen LogP contribution is 2.32. The maximum atomic E-state index is 5.39. The van der Waals surface area contributed by atoms with Gasteiger partial charge >= 0.3 is 0 Å². The summed E-state index contributed by atoms with van der Waals surface area (Å²) in [6.45, 7) is 0. The summed E-state index contributed by atoms with van der Waals surface area (Å²) < 4.78 is 5.39. The number of para-hydroxylation sites is 5. The van der Waals surface area contributed by atoms with Crippen LogP contribution in [0.5, 0.6) is 5.75 Å². The van der Waals surface area contributed by atoms with Crippen LogP contribution in [0.25, 0.3) is 0 Å². The fourth-order valence-electron chi connectivity index (χ4n) is 2.27. The average molecular weight is 290 g/mol. The normalized spacial score (nSPS) is 10.0. The largest absolute Gasteiger partial charge is 0.495 e. The summed E-state index contributed by atoms with van der Waals surface area (Å²) >= 11 is 0. The van der Waals surface area contributed by atoms with Gasteiger partial charge in [0.2, 0.25) is 0 Å². The van der Waals surface area contributed by atoms with Crippen LogP contribution in [0.4, 0.5) is 22.7 Å². The molecule has 3 aromatic carbocycles. The number of hydrogen-bond acceptors (Lipinski definition) is 3. The lowest BCUT2D eigenvalue weighted by Gasteiger charge is -2.15. The molecule has 0 radical (unpaired) electrons. The molecule has 3 heteroatoms. The van der Waals surface area contributed by atoms with Gasteiger partial charge in [-0.05, 0) is 36.4 Å². The quantitative estimate of drug-likeness (QED) is 0.679. The predicted octanol–water partition coefficient (Wildman–Crippen LogP) is 5.18. The molecule has 22 heavy (non-hydrogen) atoms. The Kier molecular flexibility index (Phi) is 4.25. The van der Waals surface area contributed by atoms with Gasteiger partial charge in [0, 0.05) is 5.69 Å². The molecule has 3 aromatic rings. The van der Waals surface area contributed by atoms with Gasteiger partial charge in [0.15, 0.2) is 0 Å². The number of hydrogen-bond donors (Lipinski definition) is 2. The van der Waals surface area contributed by atoms with E-state index in [0.717, 1.165) is 28.5 Å². The second-order valence-electron chi connectivity index (χ2n) is 4.86. The zero-order valence-corrected chi connectivity index (χ0v) is 12.4. The van der Waals surface area contributed by atoms with Crippen molar-refractivity contribution in [2.75, 3.05) is 17.7 Å². The van der Waals surface area contributed by atoms with Crippen molar-refractivity contribution in [2.24, 2.45) is 0 Å². The molecule has 3 nitrogen and oxygen atoms in total. The fourth-order valence-corrected chi connectivity index (χ4v) is 2.27. The SMILES string of the molecule is COc1ccccc1Nc1ccccc1Nc1ccccc1. The van der Waals surface area contributed by atoms with E-state index in [2.05, 4.69) is 10.6 Å². The van der Waals surface area contributed by atoms with E-state index in [1.54, 1.807) is 7.11 Å². The Balaban J connectivity index is 1.88. The summed E-state index contributed by atoms with van der Waals surface area (Å²) in [6.07, 6.45) is 0. The van der Waals surface area contributed by atoms with E-state index >= 15 is 0 Å². The van der Waals surface area contributed by atoms with Crippen molar-refractivity contribution in [1.82, 2.24) is 0 Å². The van der Waals surface area contributed by atoms with Gasteiger partial charge in [0.05, 0.1) is 24.2 Å². The van der Waals surface area contributed by atoms with Crippen LogP contribution >= 0.6 is 0 Å². The van der Waals surface area contributed by atoms with E-state index in [-0.39, 0.29) is 0 Å². The molecule has 0 unspecified atom stereocenters. The molecule has 0 aliphatic heterocycles. The summed E-state index contributed by atoms with van der Waals surface area (Å²) in [5.41, 5.74) is 4.00. The first-order chi connectivity index (χ1) is 10.9. The van der Waals surface area contributed by atoms with Crippen LogP contribution in [0.3, 0.4) is 0 Å². The summed E-state index contributed by atoms with van der Waals surface area (Å²) in [5, 5.41) is 6.85. The summed E-state index contributed by atoms with van der Waals surface area (Å²) in [6, 6.07) is 26.1. The first kappa shape index (κ1) is 14.0. The zero-order valence-electron chi connectivity index (χ0n) is 12.4. The number of anilines is 4. The van der Waals surface area contributed by atoms with Crippen molar-refractivity contribution in [1.29, 1.82) is 0 Å². The third-order valence-corrected chi connectivity index (χ3v) is 3.36. The van der Waals surface area contributed by atoms with Crippen LogP contribution in [0, 0.1) is 0 Å². The van der Waals surface area contributed by atoms with Gasteiger partial charge in [-0.1, -0.05) is 42.5 Å². The Morgan fingerprint density at radius 1 is 0.591 bits per heavy atom. The maximum Gasteiger partial charge on any atom is 0.142 e. The Labute approximate surface area is 130 Å². The first-order valence-corrected chi connectivity index (χ1v) is 7.18. The summed E-state index contributed by atoms with van der Waals surface area (Å²) in [5.74, 6) is 0.817. The maximum absolute atomic E-state index is 5.39. The minimum Gasteiger partial charge on any atom is -0.495 e. The van der Waals surface area contributed by atoms with E-state index in [4.69, 9.17) is 4.74 Å². The minimum absolute atomic E-state index is 0.817. The van der Waals surface area contributed by atoms with E-state index in [9.17, 15) is 0 Å². The Hall–Kier alpha value is -2.94. The molecule has 0 aliphatic rings. The second-order valence-corrected chi connectivity index (χ2v) is 4.86. The van der Waals surface area contributed by atoms with Crippen LogP contribution in [0.1, 0.15) is 0 Å². The molecule has 0 heterocycles. The van der Waals surface area contributed by atoms with Crippen molar-refractivity contribution in [2.45, 2.75) is 0 Å². The monoisotopic (exact) mass is 290 g/mol. The molecule has 0 aliphatic carbocycles. The molecule has 0 bridgehead atoms. The lowest BCUT2D eigenvalue weighted by Crippen LogP contribution is -1.98. The number of methoxy groups -OCH3 is 1. The van der Waals surface area contributed by atoms with Crippen molar-refractivity contribution < 1.29 is 4.74 Å². The standard InChI is InChI=1S/C19H18N2O/c1-22-19-14-8-7-13-18(19)21-17-12-6-5-11-16(17)20-15-9-3-2-4-10-15/h2-14,20-21H,1H3. The predicted molar refractivity (Wildman–Crippen MR) is 92.4 cm³/mol. The molecule has 110 valence electrons. The van der Waals surface area contributed by atoms with Crippen molar-refractivity contribution in [3.8, 4) is 5.75 Å². The molecule has 2 N–H and O–H groups in total. The van der Waals surface area contributed by atoms with Crippen molar-refractivity contribution in [3.05, 3.63) is 78.9 Å². The van der Waals surface area contributed by atoms with Crippen LogP contribution in [0.15, 0.2) is 78.9 Å². The average Bonchev–Trinajstić information content (AvgIpc) is 2.58. The van der Waals surface area contributed by atoms with Gasteiger partial charge < -0.3 is 15.4 Å². The van der Waals surface area contributed by atoms with Gasteiger partial charge in [-0.25, -0.2) is 0 Å². The fraction of sp³-hybridized carbons (Fsp3) is 0.0526. The molecular weight excluding hydrogens is 272 g/mol. The zero-order chi connectivity index (χ0) is 15.2. The van der Waals surface area contributed by atoms with Crippen LogP contribution < -0.4 is 15.4 Å². The minimum atomic E-state index is 0.817. The highest BCUT2D eigenvalue weighted by atomic mass is 16.5. The van der Waals surface area contributed by atoms with E-state index < -0.39 is 0 Å². The highest BCUT2D eigenvalue weighted by molar-refractivity contribution is 5.79. The lowest BCUT2D eigenvalue weighted by molar-refractivity contribution is 0.417. The molecular formula is C19H18N2O. The molecule has 0 spiro atoms. The van der Waals surface area contributed by atoms with E-state index in [1.165, 1.54) is 0 Å². The Morgan fingerprint density at radius 3 is 1.82 bits per heavy atom. The third kappa shape index (κ3) is 3.20. The van der Waals surface area contributed by atoms with Crippen LogP contribution in [-0.4, -0.2) is 7.11 Å². The van der Waals surface area contributed by atoms with Gasteiger partial charge in [0.25, 0.3) is 0 Å². The van der Waals surface area contributed by atoms with Gasteiger partial charge in [0.1, 0.15) is 5.75 Å². The molecule has 0 amide bonds. The number of rotatable bonds is 5. The van der Waals surface area contributed by atoms with Gasteiger partial charge in [-0.15, -0.1) is 0 Å².